The molecule has 4 N–H and O–H groups in total. The van der Waals surface area contributed by atoms with E-state index in [0.29, 0.717) is 31.9 Å². The maximum absolute atomic E-state index is 13.0. The Labute approximate surface area is 422 Å². The zero-order valence-electron chi connectivity index (χ0n) is 41.8. The summed E-state index contributed by atoms with van der Waals surface area (Å²) in [6.45, 7) is 5.33. The van der Waals surface area contributed by atoms with Crippen LogP contribution in [0.2, 0.25) is 0 Å². The van der Waals surface area contributed by atoms with Gasteiger partial charge in [-0.15, -0.1) is 0 Å². The van der Waals surface area contributed by atoms with Crippen LogP contribution in [0.3, 0.4) is 0 Å². The normalized spacial score (nSPS) is 19.1. The van der Waals surface area contributed by atoms with Gasteiger partial charge < -0.3 is 44.8 Å². The van der Waals surface area contributed by atoms with Crippen LogP contribution in [0.25, 0.3) is 11.1 Å². The topological polar surface area (TPSA) is 227 Å². The van der Waals surface area contributed by atoms with Gasteiger partial charge >= 0.3 is 0 Å². The second kappa shape index (κ2) is 31.0. The van der Waals surface area contributed by atoms with Crippen LogP contribution < -0.4 is 16.4 Å². The lowest BCUT2D eigenvalue weighted by molar-refractivity contribution is -0.170. The minimum atomic E-state index is -0.767. The van der Waals surface area contributed by atoms with Gasteiger partial charge in [-0.1, -0.05) is 49.7 Å². The lowest BCUT2D eigenvalue weighted by Gasteiger charge is -2.24. The van der Waals surface area contributed by atoms with Gasteiger partial charge in [-0.25, -0.2) is 0 Å². The van der Waals surface area contributed by atoms with E-state index in [1.807, 2.05) is 24.4 Å². The molecule has 0 bridgehead atoms. The summed E-state index contributed by atoms with van der Waals surface area (Å²) in [5.74, 6) is -0.632. The highest BCUT2D eigenvalue weighted by Gasteiger charge is 2.26. The molecule has 2 aromatic carbocycles. The monoisotopic (exact) mass is 996 g/mol. The highest BCUT2D eigenvalue weighted by Crippen LogP contribution is 2.22. The Morgan fingerprint density at radius 2 is 1.04 bits per heavy atom. The van der Waals surface area contributed by atoms with Crippen molar-refractivity contribution in [2.24, 2.45) is 5.73 Å². The first-order valence-electron chi connectivity index (χ1n) is 25.3. The molecule has 19 heteroatoms. The molecule has 3 aliphatic rings. The van der Waals surface area contributed by atoms with Crippen molar-refractivity contribution in [3.63, 3.8) is 0 Å². The van der Waals surface area contributed by atoms with E-state index in [4.69, 9.17) is 34.2 Å². The van der Waals surface area contributed by atoms with Gasteiger partial charge in [-0.3, -0.25) is 33.2 Å². The fourth-order valence-corrected chi connectivity index (χ4v) is 8.05. The maximum Gasteiger partial charge on any atom is 0.251 e. The lowest BCUT2D eigenvalue weighted by atomic mass is 10.0. The summed E-state index contributed by atoms with van der Waals surface area (Å²) in [5, 5.41) is 18.1. The molecule has 5 aromatic rings. The number of aryl methyl sites for hydroxylation is 1. The minimum absolute atomic E-state index is 0.00705. The number of benzene rings is 2. The number of Topliss-reactive ketones (excluding diaryl/α,β-unsaturated/α-hetero) is 3. The molecule has 0 spiro atoms. The van der Waals surface area contributed by atoms with E-state index in [-0.39, 0.29) is 74.5 Å². The standard InChI is InChI=1S/C28H33N3O4.C13H21N3O3.C12H19N3O3/c1-2-6-21-8-10-22(11-9-21)23-12-14-24(15-13-23)28(33)30-25(19-31-17-5-16-29-31)26(32)20-35-27-7-3-4-18-34-27;1-14-11(9-16-7-4-6-15-16)12(17)10-19-13-5-2-3-8-18-13;13-10(8-15-6-3-5-14-15)11(16)9-18-12-4-1-2-7-17-12/h5,8-17,25,27H,2-4,6-7,18-20H2,1H3,(H,30,33);4,6-7,11,13-14H,2-3,5,8-10H2,1H3;3,5-6,10,12H,1-2,4,7-9,13H2/t25-,27?;11-,13?;10-,12?/m000/s1. The molecule has 0 radical (unpaired) electrons. The summed E-state index contributed by atoms with van der Waals surface area (Å²) in [6.07, 6.45) is 20.6. The molecule has 72 heavy (non-hydrogen) atoms. The number of ether oxygens (including phenoxy) is 6. The van der Waals surface area contributed by atoms with Crippen LogP contribution in [0.4, 0.5) is 0 Å². The van der Waals surface area contributed by atoms with E-state index in [0.717, 1.165) is 88.4 Å². The Morgan fingerprint density at radius 3 is 1.46 bits per heavy atom. The van der Waals surface area contributed by atoms with Crippen LogP contribution in [0, 0.1) is 0 Å². The lowest BCUT2D eigenvalue weighted by Crippen LogP contribution is -2.46. The number of aromatic nitrogens is 6. The molecular formula is C53H73N9O10. The average molecular weight is 996 g/mol. The molecule has 3 fully saturated rings. The molecular weight excluding hydrogens is 923 g/mol. The van der Waals surface area contributed by atoms with Crippen LogP contribution in [-0.4, -0.2) is 136 Å². The number of carbonyl (C=O) groups excluding carboxylic acids is 4. The van der Waals surface area contributed by atoms with Gasteiger partial charge in [0.1, 0.15) is 25.9 Å². The van der Waals surface area contributed by atoms with Gasteiger partial charge in [0.25, 0.3) is 5.91 Å². The molecule has 0 aliphatic carbocycles. The average Bonchev–Trinajstić information content (AvgIpc) is 4.26. The molecule has 390 valence electrons. The predicted molar refractivity (Wildman–Crippen MR) is 268 cm³/mol. The molecule has 3 aliphatic heterocycles. The van der Waals surface area contributed by atoms with Crippen molar-refractivity contribution in [3.05, 3.63) is 115 Å². The number of carbonyl (C=O) groups is 4. The highest BCUT2D eigenvalue weighted by atomic mass is 16.7. The molecule has 6 atom stereocenters. The summed E-state index contributed by atoms with van der Waals surface area (Å²) in [4.78, 5) is 49.8. The van der Waals surface area contributed by atoms with E-state index in [2.05, 4.69) is 57.1 Å². The first kappa shape index (κ1) is 55.5. The third kappa shape index (κ3) is 19.3. The van der Waals surface area contributed by atoms with Gasteiger partial charge in [0.15, 0.2) is 36.2 Å². The summed E-state index contributed by atoms with van der Waals surface area (Å²) < 4.78 is 37.9. The fraction of sp³-hybridized carbons (Fsp3) is 0.528. The SMILES string of the molecule is CCCc1ccc(-c2ccc(C(=O)N[C@@H](Cn3cccn3)C(=O)COC3CCCCO3)cc2)cc1.CN[C@@H](Cn1cccn1)C(=O)COC1CCCCO1.N[C@@H](Cn1cccn1)C(=O)COC1CCCCO1. The summed E-state index contributed by atoms with van der Waals surface area (Å²) in [7, 11) is 1.77. The van der Waals surface area contributed by atoms with Crippen LogP contribution in [0.5, 0.6) is 0 Å². The largest absolute Gasteiger partial charge is 0.353 e. The summed E-state index contributed by atoms with van der Waals surface area (Å²) in [5.41, 5.74) is 9.74. The van der Waals surface area contributed by atoms with Gasteiger partial charge in [0, 0.05) is 62.6 Å². The molecule has 8 rings (SSSR count). The van der Waals surface area contributed by atoms with Crippen molar-refractivity contribution in [3.8, 4) is 11.1 Å². The van der Waals surface area contributed by atoms with Gasteiger partial charge in [-0.05, 0) is 118 Å². The number of ketones is 3. The number of nitrogens with zero attached hydrogens (tertiary/aromatic N) is 6. The van der Waals surface area contributed by atoms with Crippen LogP contribution in [0.15, 0.2) is 104 Å². The Balaban J connectivity index is 0.000000193. The molecule has 0 saturated carbocycles. The molecule has 19 nitrogen and oxygen atoms in total. The third-order valence-electron chi connectivity index (χ3n) is 12.3. The van der Waals surface area contributed by atoms with Crippen LogP contribution in [-0.2, 0) is 68.9 Å². The number of nitrogens with one attached hydrogen (secondary N) is 2. The number of nitrogens with two attached hydrogens (primary N) is 1. The zero-order chi connectivity index (χ0) is 50.8. The van der Waals surface area contributed by atoms with Crippen molar-refractivity contribution in [1.82, 2.24) is 40.0 Å². The van der Waals surface area contributed by atoms with Crippen molar-refractivity contribution >= 4 is 23.3 Å². The van der Waals surface area contributed by atoms with Crippen LogP contribution >= 0.6 is 0 Å². The number of hydrogen-bond acceptors (Lipinski definition) is 15. The maximum atomic E-state index is 13.0. The van der Waals surface area contributed by atoms with Crippen molar-refractivity contribution in [2.45, 2.75) is 134 Å². The zero-order valence-corrected chi connectivity index (χ0v) is 41.8. The molecule has 3 unspecified atom stereocenters. The quantitative estimate of drug-likeness (QED) is 0.0711. The summed E-state index contributed by atoms with van der Waals surface area (Å²) >= 11 is 0. The van der Waals surface area contributed by atoms with E-state index in [1.54, 1.807) is 76.3 Å². The molecule has 3 aromatic heterocycles. The molecule has 6 heterocycles. The minimum Gasteiger partial charge on any atom is -0.353 e. The second-order valence-electron chi connectivity index (χ2n) is 17.9. The Hall–Kier alpha value is -5.77. The van der Waals surface area contributed by atoms with Gasteiger partial charge in [-0.2, -0.15) is 15.3 Å². The number of hydrogen-bond donors (Lipinski definition) is 3. The first-order valence-corrected chi connectivity index (χ1v) is 25.3. The number of amides is 1. The third-order valence-corrected chi connectivity index (χ3v) is 12.3. The Kier molecular flexibility index (Phi) is 23.9. The fourth-order valence-electron chi connectivity index (χ4n) is 8.05. The predicted octanol–water partition coefficient (Wildman–Crippen LogP) is 5.32. The second-order valence-corrected chi connectivity index (χ2v) is 17.9. The van der Waals surface area contributed by atoms with Gasteiger partial charge in [0.2, 0.25) is 0 Å². The molecule has 1 amide bonds. The van der Waals surface area contributed by atoms with E-state index < -0.39 is 12.1 Å². The smallest absolute Gasteiger partial charge is 0.251 e. The van der Waals surface area contributed by atoms with Crippen molar-refractivity contribution in [1.29, 1.82) is 0 Å². The number of rotatable bonds is 24. The first-order chi connectivity index (χ1) is 35.2. The summed E-state index contributed by atoms with van der Waals surface area (Å²) in [6, 6.07) is 19.7. The van der Waals surface area contributed by atoms with Crippen molar-refractivity contribution in [2.75, 3.05) is 46.7 Å². The Morgan fingerprint density at radius 1 is 0.611 bits per heavy atom. The van der Waals surface area contributed by atoms with Gasteiger partial charge in [0.05, 0.1) is 31.7 Å². The Bertz CT molecular complexity index is 2280. The van der Waals surface area contributed by atoms with Crippen LogP contribution in [0.1, 0.15) is 87.1 Å². The van der Waals surface area contributed by atoms with Crippen molar-refractivity contribution < 1.29 is 47.6 Å². The molecule has 3 saturated heterocycles. The van der Waals surface area contributed by atoms with E-state index in [1.165, 1.54) is 5.56 Å². The number of likely N-dealkylation sites (N-methyl/N-ethyl adjacent to an activating group) is 1. The van der Waals surface area contributed by atoms with E-state index in [9.17, 15) is 19.2 Å². The van der Waals surface area contributed by atoms with E-state index >= 15 is 0 Å². The highest BCUT2D eigenvalue weighted by molar-refractivity contribution is 5.98.